The summed E-state index contributed by atoms with van der Waals surface area (Å²) >= 11 is 17.3. The molecule has 0 radical (unpaired) electrons. The third kappa shape index (κ3) is 2.30. The van der Waals surface area contributed by atoms with E-state index < -0.39 is 16.7 Å². The van der Waals surface area contributed by atoms with Gasteiger partial charge in [0.25, 0.3) is 0 Å². The van der Waals surface area contributed by atoms with E-state index in [-0.39, 0.29) is 0 Å². The fraction of sp³-hybridized carbons (Fsp3) is 0.625. The van der Waals surface area contributed by atoms with Crippen LogP contribution in [0.1, 0.15) is 19.8 Å². The number of rotatable bonds is 2. The third-order valence-corrected chi connectivity index (χ3v) is 3.28. The Morgan fingerprint density at radius 3 is 2.54 bits per heavy atom. The van der Waals surface area contributed by atoms with E-state index in [4.69, 9.17) is 39.5 Å². The van der Waals surface area contributed by atoms with E-state index in [0.29, 0.717) is 17.2 Å². The topological polar surface area (TPSA) is 26.3 Å². The lowest BCUT2D eigenvalue weighted by molar-refractivity contribution is -0.140. The van der Waals surface area contributed by atoms with E-state index in [1.807, 2.05) is 6.92 Å². The van der Waals surface area contributed by atoms with Crippen LogP contribution in [0.15, 0.2) is 10.8 Å². The molecule has 0 saturated carbocycles. The zero-order valence-corrected chi connectivity index (χ0v) is 9.29. The molecule has 1 heterocycles. The van der Waals surface area contributed by atoms with Crippen LogP contribution < -0.4 is 0 Å². The maximum absolute atomic E-state index is 11.1. The molecule has 0 aromatic carbocycles. The quantitative estimate of drug-likeness (QED) is 0.550. The number of alkyl halides is 2. The standard InChI is InChI=1S/C8H9Cl3O2/c1-2-3-4-5(9)6(10)7(11)8(12)13-4/h6-7H,2-3H2,1H3. The SMILES string of the molecule is CCCC1=C(Cl)C(Cl)C(Cl)C(=O)O1. The second kappa shape index (κ2) is 4.54. The van der Waals surface area contributed by atoms with Crippen LogP contribution in [0.2, 0.25) is 0 Å². The highest BCUT2D eigenvalue weighted by atomic mass is 35.5. The van der Waals surface area contributed by atoms with Gasteiger partial charge >= 0.3 is 5.97 Å². The van der Waals surface area contributed by atoms with Gasteiger partial charge in [0, 0.05) is 6.42 Å². The first-order valence-electron chi connectivity index (χ1n) is 3.96. The number of carbonyl (C=O) groups is 1. The minimum atomic E-state index is -0.880. The van der Waals surface area contributed by atoms with Gasteiger partial charge in [-0.3, -0.25) is 0 Å². The lowest BCUT2D eigenvalue weighted by Crippen LogP contribution is -2.32. The summed E-state index contributed by atoms with van der Waals surface area (Å²) in [5.41, 5.74) is 0. The Morgan fingerprint density at radius 2 is 2.00 bits per heavy atom. The van der Waals surface area contributed by atoms with Crippen molar-refractivity contribution in [2.75, 3.05) is 0 Å². The molecule has 1 rings (SSSR count). The first kappa shape index (κ1) is 11.2. The molecule has 0 amide bonds. The molecule has 0 aliphatic carbocycles. The Kier molecular flexibility index (Phi) is 3.89. The Hall–Kier alpha value is 0.0800. The lowest BCUT2D eigenvalue weighted by atomic mass is 10.1. The molecule has 0 aromatic heterocycles. The van der Waals surface area contributed by atoms with Crippen LogP contribution in [0.3, 0.4) is 0 Å². The highest BCUT2D eigenvalue weighted by molar-refractivity contribution is 6.44. The Morgan fingerprint density at radius 1 is 1.38 bits per heavy atom. The van der Waals surface area contributed by atoms with Crippen molar-refractivity contribution >= 4 is 40.8 Å². The van der Waals surface area contributed by atoms with E-state index in [9.17, 15) is 4.79 Å². The third-order valence-electron chi connectivity index (χ3n) is 1.69. The number of cyclic esters (lactones) is 1. The average molecular weight is 244 g/mol. The molecule has 0 aromatic rings. The van der Waals surface area contributed by atoms with E-state index in [1.165, 1.54) is 0 Å². The van der Waals surface area contributed by atoms with Crippen molar-refractivity contribution in [1.82, 2.24) is 0 Å². The summed E-state index contributed by atoms with van der Waals surface area (Å²) in [6.07, 6.45) is 1.45. The minimum absolute atomic E-state index is 0.350. The zero-order chi connectivity index (χ0) is 10.0. The van der Waals surface area contributed by atoms with Crippen LogP contribution in [-0.4, -0.2) is 16.7 Å². The molecule has 2 nitrogen and oxygen atoms in total. The molecule has 1 aliphatic rings. The number of allylic oxidation sites excluding steroid dienone is 2. The summed E-state index contributed by atoms with van der Waals surface area (Å²) in [6, 6.07) is 0. The molecule has 5 heteroatoms. The van der Waals surface area contributed by atoms with Crippen LogP contribution in [-0.2, 0) is 9.53 Å². The number of carbonyl (C=O) groups excluding carboxylic acids is 1. The van der Waals surface area contributed by atoms with Crippen LogP contribution in [0.4, 0.5) is 0 Å². The molecule has 0 saturated heterocycles. The van der Waals surface area contributed by atoms with Crippen molar-refractivity contribution in [3.8, 4) is 0 Å². The summed E-state index contributed by atoms with van der Waals surface area (Å²) in [5.74, 6) is -0.0689. The molecule has 13 heavy (non-hydrogen) atoms. The van der Waals surface area contributed by atoms with Gasteiger partial charge in [-0.1, -0.05) is 18.5 Å². The zero-order valence-electron chi connectivity index (χ0n) is 7.02. The molecule has 2 unspecified atom stereocenters. The van der Waals surface area contributed by atoms with Crippen LogP contribution >= 0.6 is 34.8 Å². The first-order chi connectivity index (χ1) is 6.07. The second-order valence-electron chi connectivity index (χ2n) is 2.75. The maximum atomic E-state index is 11.1. The number of ether oxygens (including phenoxy) is 1. The van der Waals surface area contributed by atoms with Gasteiger partial charge in [0.15, 0.2) is 5.38 Å². The van der Waals surface area contributed by atoms with Crippen LogP contribution in [0.25, 0.3) is 0 Å². The van der Waals surface area contributed by atoms with Crippen molar-refractivity contribution in [3.05, 3.63) is 10.8 Å². The molecule has 0 bridgehead atoms. The van der Waals surface area contributed by atoms with Gasteiger partial charge in [-0.25, -0.2) is 4.79 Å². The van der Waals surface area contributed by atoms with Gasteiger partial charge in [0.05, 0.1) is 10.4 Å². The monoisotopic (exact) mass is 242 g/mol. The van der Waals surface area contributed by atoms with Gasteiger partial charge < -0.3 is 4.74 Å². The first-order valence-corrected chi connectivity index (χ1v) is 5.21. The molecular weight excluding hydrogens is 234 g/mol. The Bertz CT molecular complexity index is 250. The van der Waals surface area contributed by atoms with Crippen molar-refractivity contribution in [3.63, 3.8) is 0 Å². The molecule has 1 aliphatic heterocycles. The summed E-state index contributed by atoms with van der Waals surface area (Å²) in [6.45, 7) is 1.96. The van der Waals surface area contributed by atoms with Crippen molar-refractivity contribution in [1.29, 1.82) is 0 Å². The molecule has 2 atom stereocenters. The minimum Gasteiger partial charge on any atom is -0.429 e. The fourth-order valence-electron chi connectivity index (χ4n) is 1.03. The summed E-state index contributed by atoms with van der Waals surface area (Å²) in [7, 11) is 0. The second-order valence-corrected chi connectivity index (χ2v) is 4.09. The van der Waals surface area contributed by atoms with Crippen LogP contribution in [0, 0.1) is 0 Å². The molecule has 0 spiro atoms. The number of esters is 1. The predicted molar refractivity (Wildman–Crippen MR) is 53.2 cm³/mol. The fourth-order valence-corrected chi connectivity index (χ4v) is 1.74. The lowest BCUT2D eigenvalue weighted by Gasteiger charge is -2.23. The van der Waals surface area contributed by atoms with E-state index in [2.05, 4.69) is 0 Å². The van der Waals surface area contributed by atoms with Gasteiger partial charge in [-0.2, -0.15) is 0 Å². The summed E-state index contributed by atoms with van der Waals surface area (Å²) < 4.78 is 4.91. The highest BCUT2D eigenvalue weighted by Crippen LogP contribution is 2.33. The van der Waals surface area contributed by atoms with E-state index >= 15 is 0 Å². The molecule has 0 N–H and O–H groups in total. The molecular formula is C8H9Cl3O2. The number of halogens is 3. The molecule has 0 fully saturated rings. The van der Waals surface area contributed by atoms with Gasteiger partial charge in [0.2, 0.25) is 0 Å². The van der Waals surface area contributed by atoms with Crippen molar-refractivity contribution in [2.45, 2.75) is 30.5 Å². The number of hydrogen-bond acceptors (Lipinski definition) is 2. The van der Waals surface area contributed by atoms with Crippen LogP contribution in [0.5, 0.6) is 0 Å². The molecule has 74 valence electrons. The maximum Gasteiger partial charge on any atom is 0.331 e. The number of hydrogen-bond donors (Lipinski definition) is 0. The Labute approximate surface area is 91.8 Å². The van der Waals surface area contributed by atoms with Gasteiger partial charge in [-0.05, 0) is 6.42 Å². The largest absolute Gasteiger partial charge is 0.429 e. The smallest absolute Gasteiger partial charge is 0.331 e. The Balaban J connectivity index is 2.87. The van der Waals surface area contributed by atoms with Crippen molar-refractivity contribution < 1.29 is 9.53 Å². The van der Waals surface area contributed by atoms with Gasteiger partial charge in [0.1, 0.15) is 5.76 Å². The van der Waals surface area contributed by atoms with Gasteiger partial charge in [-0.15, -0.1) is 23.2 Å². The predicted octanol–water partition coefficient (Wildman–Crippen LogP) is 3.01. The highest BCUT2D eigenvalue weighted by Gasteiger charge is 2.35. The summed E-state index contributed by atoms with van der Waals surface area (Å²) in [4.78, 5) is 11.1. The average Bonchev–Trinajstić information content (AvgIpc) is 2.11. The summed E-state index contributed by atoms with van der Waals surface area (Å²) in [5, 5.41) is -1.19. The van der Waals surface area contributed by atoms with Crippen molar-refractivity contribution in [2.24, 2.45) is 0 Å². The normalized spacial score (nSPS) is 29.1. The van der Waals surface area contributed by atoms with E-state index in [1.54, 1.807) is 0 Å². The van der Waals surface area contributed by atoms with E-state index in [0.717, 1.165) is 6.42 Å².